The summed E-state index contributed by atoms with van der Waals surface area (Å²) >= 11 is 0. The van der Waals surface area contributed by atoms with E-state index in [1.807, 2.05) is 43.0 Å². The summed E-state index contributed by atoms with van der Waals surface area (Å²) in [6.45, 7) is 12.3. The number of phenols is 1. The average molecular weight is 694 g/mol. The number of hydrogen-bond donors (Lipinski definition) is 5. The summed E-state index contributed by atoms with van der Waals surface area (Å²) in [5, 5.41) is 44.2. The predicted molar refractivity (Wildman–Crippen MR) is 196 cm³/mol. The van der Waals surface area contributed by atoms with Gasteiger partial charge in [0.1, 0.15) is 23.5 Å². The summed E-state index contributed by atoms with van der Waals surface area (Å²) in [6, 6.07) is 10.3. The summed E-state index contributed by atoms with van der Waals surface area (Å²) in [7, 11) is 4.14. The molecule has 2 saturated heterocycles. The molecule has 10 heteroatoms. The number of aryl methyl sites for hydroxylation is 2. The standard InChI is InChI=1S/C40H59N3O7/c1-9-10-28-22-32(45)31(34-23-33(46)36(47)35(24-44)50-34)21-29(28)20-27-12-11-26(19-25(27)2)13-16-39(3,4)37(48)41-40(5,6)38(49)43-17-14-30(15-18-43)42(7)8/h11-13,16,19,21-22,30,33-36,44-47H,9-10,14-15,17-18,20,23-24H2,1-8H3,(H,41,48)/b16-13+/t33-,34-,35-,36-/m1/s1. The summed E-state index contributed by atoms with van der Waals surface area (Å²) < 4.78 is 5.90. The van der Waals surface area contributed by atoms with Crippen LogP contribution in [0.25, 0.3) is 6.08 Å². The number of hydrogen-bond acceptors (Lipinski definition) is 8. The Morgan fingerprint density at radius 2 is 1.72 bits per heavy atom. The van der Waals surface area contributed by atoms with Crippen LogP contribution in [0.4, 0.5) is 0 Å². The lowest BCUT2D eigenvalue weighted by molar-refractivity contribution is -0.181. The molecule has 0 spiro atoms. The summed E-state index contributed by atoms with van der Waals surface area (Å²) in [4.78, 5) is 30.9. The average Bonchev–Trinajstić information content (AvgIpc) is 3.06. The lowest BCUT2D eigenvalue weighted by Crippen LogP contribution is -2.59. The number of phenolic OH excluding ortho intramolecular Hbond substituents is 1. The third-order valence-electron chi connectivity index (χ3n) is 10.4. The second-order valence-electron chi connectivity index (χ2n) is 15.6. The monoisotopic (exact) mass is 693 g/mol. The van der Waals surface area contributed by atoms with E-state index < -0.39 is 42.0 Å². The van der Waals surface area contributed by atoms with Gasteiger partial charge in [0, 0.05) is 31.1 Å². The summed E-state index contributed by atoms with van der Waals surface area (Å²) in [5.74, 6) is -0.206. The first-order valence-corrected chi connectivity index (χ1v) is 18.0. The molecule has 4 rings (SSSR count). The molecule has 4 atom stereocenters. The Hall–Kier alpha value is -3.28. The van der Waals surface area contributed by atoms with E-state index in [1.165, 1.54) is 0 Å². The molecule has 2 heterocycles. The van der Waals surface area contributed by atoms with Crippen LogP contribution in [-0.2, 0) is 27.2 Å². The fourth-order valence-electron chi connectivity index (χ4n) is 7.01. The quantitative estimate of drug-likeness (QED) is 0.222. The van der Waals surface area contributed by atoms with Crippen molar-refractivity contribution >= 4 is 17.9 Å². The maximum atomic E-state index is 13.5. The normalized spacial score (nSPS) is 22.4. The van der Waals surface area contributed by atoms with Crippen molar-refractivity contribution in [2.45, 2.75) is 116 Å². The van der Waals surface area contributed by atoms with E-state index >= 15 is 0 Å². The third kappa shape index (κ3) is 9.33. The van der Waals surface area contributed by atoms with E-state index in [2.05, 4.69) is 50.3 Å². The number of aliphatic hydroxyl groups excluding tert-OH is 3. The predicted octanol–water partition coefficient (Wildman–Crippen LogP) is 4.27. The highest BCUT2D eigenvalue weighted by Gasteiger charge is 2.39. The molecule has 0 unspecified atom stereocenters. The Bertz CT molecular complexity index is 1530. The van der Waals surface area contributed by atoms with Crippen LogP contribution in [0.1, 0.15) is 99.8 Å². The van der Waals surface area contributed by atoms with Crippen LogP contribution in [-0.4, -0.2) is 106 Å². The molecule has 0 aliphatic carbocycles. The topological polar surface area (TPSA) is 143 Å². The molecule has 5 N–H and O–H groups in total. The molecule has 50 heavy (non-hydrogen) atoms. The number of carbonyl (C=O) groups excluding carboxylic acids is 2. The lowest BCUT2D eigenvalue weighted by atomic mass is 9.87. The molecule has 10 nitrogen and oxygen atoms in total. The molecule has 0 aromatic heterocycles. The van der Waals surface area contributed by atoms with Crippen molar-refractivity contribution in [1.82, 2.24) is 15.1 Å². The number of rotatable bonds is 12. The Balaban J connectivity index is 1.46. The van der Waals surface area contributed by atoms with E-state index in [1.54, 1.807) is 19.9 Å². The molecule has 0 radical (unpaired) electrons. The minimum absolute atomic E-state index is 0.0612. The number of ether oxygens (including phenoxy) is 1. The molecule has 2 aromatic carbocycles. The molecule has 2 aromatic rings. The van der Waals surface area contributed by atoms with Crippen molar-refractivity contribution in [2.75, 3.05) is 33.8 Å². The van der Waals surface area contributed by atoms with E-state index in [4.69, 9.17) is 4.74 Å². The van der Waals surface area contributed by atoms with E-state index in [0.717, 1.165) is 53.5 Å². The van der Waals surface area contributed by atoms with Gasteiger partial charge in [-0.1, -0.05) is 43.7 Å². The third-order valence-corrected chi connectivity index (χ3v) is 10.4. The maximum Gasteiger partial charge on any atom is 0.247 e. The van der Waals surface area contributed by atoms with E-state index in [9.17, 15) is 30.0 Å². The minimum atomic E-state index is -1.19. The van der Waals surface area contributed by atoms with Crippen LogP contribution >= 0.6 is 0 Å². The number of likely N-dealkylation sites (tertiary alicyclic amines) is 1. The highest BCUT2D eigenvalue weighted by atomic mass is 16.5. The SMILES string of the molecule is CCCc1cc(O)c([C@H]2C[C@@H](O)[C@@H](O)[C@@H](CO)O2)cc1Cc1ccc(/C=C/C(C)(C)C(=O)NC(C)(C)C(=O)N2CCC(N(C)C)CC2)cc1C. The van der Waals surface area contributed by atoms with Crippen molar-refractivity contribution in [1.29, 1.82) is 0 Å². The first kappa shape index (κ1) is 39.5. The van der Waals surface area contributed by atoms with Gasteiger partial charge >= 0.3 is 0 Å². The van der Waals surface area contributed by atoms with Crippen molar-refractivity contribution in [3.05, 3.63) is 69.8 Å². The number of benzene rings is 2. The van der Waals surface area contributed by atoms with Crippen LogP contribution < -0.4 is 5.32 Å². The first-order valence-electron chi connectivity index (χ1n) is 18.0. The van der Waals surface area contributed by atoms with Gasteiger partial charge in [0.15, 0.2) is 0 Å². The first-order chi connectivity index (χ1) is 23.5. The second kappa shape index (κ2) is 16.4. The number of aliphatic hydroxyl groups is 3. The van der Waals surface area contributed by atoms with Gasteiger partial charge in [0.25, 0.3) is 0 Å². The van der Waals surface area contributed by atoms with Gasteiger partial charge in [-0.25, -0.2) is 0 Å². The van der Waals surface area contributed by atoms with Gasteiger partial charge < -0.3 is 40.3 Å². The number of carbonyl (C=O) groups is 2. The zero-order valence-electron chi connectivity index (χ0n) is 31.2. The Morgan fingerprint density at radius 1 is 1.04 bits per heavy atom. The van der Waals surface area contributed by atoms with E-state index in [0.29, 0.717) is 31.1 Å². The summed E-state index contributed by atoms with van der Waals surface area (Å²) in [6.07, 6.45) is 4.18. The highest BCUT2D eigenvalue weighted by Crippen LogP contribution is 2.38. The van der Waals surface area contributed by atoms with Crippen molar-refractivity contribution in [2.24, 2.45) is 5.41 Å². The zero-order valence-corrected chi connectivity index (χ0v) is 31.2. The fourth-order valence-corrected chi connectivity index (χ4v) is 7.01. The van der Waals surface area contributed by atoms with Gasteiger partial charge in [0.05, 0.1) is 24.2 Å². The van der Waals surface area contributed by atoms with Crippen LogP contribution in [0.5, 0.6) is 5.75 Å². The van der Waals surface area contributed by atoms with Gasteiger partial charge in [-0.3, -0.25) is 9.59 Å². The Morgan fingerprint density at radius 3 is 2.32 bits per heavy atom. The molecular weight excluding hydrogens is 634 g/mol. The smallest absolute Gasteiger partial charge is 0.247 e. The van der Waals surface area contributed by atoms with Crippen molar-refractivity contribution in [3.63, 3.8) is 0 Å². The van der Waals surface area contributed by atoms with Crippen molar-refractivity contribution in [3.8, 4) is 5.75 Å². The Kier molecular flexibility index (Phi) is 12.9. The molecule has 2 fully saturated rings. The van der Waals surface area contributed by atoms with Crippen LogP contribution in [0.15, 0.2) is 36.4 Å². The van der Waals surface area contributed by atoms with Crippen molar-refractivity contribution < 1.29 is 34.8 Å². The Labute approximate surface area is 298 Å². The maximum absolute atomic E-state index is 13.5. The van der Waals surface area contributed by atoms with Crippen LogP contribution in [0, 0.1) is 12.3 Å². The van der Waals surface area contributed by atoms with Gasteiger partial charge in [0.2, 0.25) is 11.8 Å². The number of aromatic hydroxyl groups is 1. The highest BCUT2D eigenvalue weighted by molar-refractivity contribution is 5.93. The van der Waals surface area contributed by atoms with Gasteiger partial charge in [-0.2, -0.15) is 0 Å². The molecule has 2 aliphatic heterocycles. The molecule has 2 aliphatic rings. The molecule has 0 bridgehead atoms. The number of nitrogens with zero attached hydrogens (tertiary/aromatic N) is 2. The molecule has 276 valence electrons. The number of nitrogens with one attached hydrogen (secondary N) is 1. The molecule has 0 saturated carbocycles. The fraction of sp³-hybridized carbons (Fsp3) is 0.600. The zero-order chi connectivity index (χ0) is 37.0. The summed E-state index contributed by atoms with van der Waals surface area (Å²) in [5.41, 5.74) is 3.83. The van der Waals surface area contributed by atoms with Crippen LogP contribution in [0.3, 0.4) is 0 Å². The number of amides is 2. The van der Waals surface area contributed by atoms with Crippen LogP contribution in [0.2, 0.25) is 0 Å². The van der Waals surface area contributed by atoms with E-state index in [-0.39, 0.29) is 24.0 Å². The minimum Gasteiger partial charge on any atom is -0.508 e. The molecule has 2 amide bonds. The number of piperidine rings is 1. The molecular formula is C40H59N3O7. The lowest BCUT2D eigenvalue weighted by Gasteiger charge is -2.39. The second-order valence-corrected chi connectivity index (χ2v) is 15.6. The van der Waals surface area contributed by atoms with Gasteiger partial charge in [-0.05, 0) is 114 Å². The largest absolute Gasteiger partial charge is 0.508 e. The van der Waals surface area contributed by atoms with Gasteiger partial charge in [-0.15, -0.1) is 0 Å².